The van der Waals surface area contributed by atoms with Gasteiger partial charge in [0.05, 0.1) is 6.04 Å². The van der Waals surface area contributed by atoms with E-state index in [2.05, 4.69) is 24.1 Å². The average Bonchev–Trinajstić information content (AvgIpc) is 2.73. The Morgan fingerprint density at radius 1 is 1.44 bits per heavy atom. The largest absolute Gasteiger partial charge is 0.338 e. The number of piperidine rings is 1. The van der Waals surface area contributed by atoms with Crippen molar-refractivity contribution < 1.29 is 4.79 Å². The number of nitrogens with zero attached hydrogens (tertiary/aromatic N) is 1. The highest BCUT2D eigenvalue weighted by Gasteiger charge is 2.34. The molecule has 0 bridgehead atoms. The second-order valence-electron chi connectivity index (χ2n) is 5.07. The fourth-order valence-corrected chi connectivity index (χ4v) is 3.81. The highest BCUT2D eigenvalue weighted by Crippen LogP contribution is 2.25. The van der Waals surface area contributed by atoms with Gasteiger partial charge in [0.15, 0.2) is 0 Å². The van der Waals surface area contributed by atoms with Crippen LogP contribution in [0.1, 0.15) is 33.1 Å². The van der Waals surface area contributed by atoms with Gasteiger partial charge < -0.3 is 10.2 Å². The summed E-state index contributed by atoms with van der Waals surface area (Å²) in [6, 6.07) is 0.973. The quantitative estimate of drug-likeness (QED) is 0.813. The van der Waals surface area contributed by atoms with Crippen LogP contribution in [-0.4, -0.2) is 47.0 Å². The molecule has 1 N–H and O–H groups in total. The summed E-state index contributed by atoms with van der Waals surface area (Å²) in [5, 5.41) is 3.39. The highest BCUT2D eigenvalue weighted by atomic mass is 32.2. The van der Waals surface area contributed by atoms with Crippen LogP contribution in [0, 0.1) is 0 Å². The number of likely N-dealkylation sites (tertiary alicyclic amines) is 1. The SMILES string of the molecule is CC(C)NC1CCCN(C2CCSC2)C1=O. The number of rotatable bonds is 3. The maximum Gasteiger partial charge on any atom is 0.239 e. The Labute approximate surface area is 102 Å². The highest BCUT2D eigenvalue weighted by molar-refractivity contribution is 7.99. The minimum Gasteiger partial charge on any atom is -0.338 e. The zero-order valence-corrected chi connectivity index (χ0v) is 11.1. The molecular formula is C12H22N2OS. The van der Waals surface area contributed by atoms with Crippen molar-refractivity contribution in [2.75, 3.05) is 18.1 Å². The molecule has 16 heavy (non-hydrogen) atoms. The molecule has 0 aromatic heterocycles. The van der Waals surface area contributed by atoms with Crippen molar-refractivity contribution in [1.29, 1.82) is 0 Å². The van der Waals surface area contributed by atoms with Gasteiger partial charge >= 0.3 is 0 Å². The van der Waals surface area contributed by atoms with Crippen LogP contribution in [0.4, 0.5) is 0 Å². The van der Waals surface area contributed by atoms with Gasteiger partial charge in [-0.25, -0.2) is 0 Å². The van der Waals surface area contributed by atoms with Crippen LogP contribution in [-0.2, 0) is 4.79 Å². The third-order valence-electron chi connectivity index (χ3n) is 3.35. The first-order valence-corrected chi connectivity index (χ1v) is 7.48. The molecule has 0 aromatic carbocycles. The normalized spacial score (nSPS) is 31.4. The van der Waals surface area contributed by atoms with Crippen molar-refractivity contribution >= 4 is 17.7 Å². The molecule has 0 aromatic rings. The molecule has 0 radical (unpaired) electrons. The third-order valence-corrected chi connectivity index (χ3v) is 4.50. The number of amides is 1. The molecule has 1 amide bonds. The number of hydrogen-bond acceptors (Lipinski definition) is 3. The molecule has 92 valence electrons. The van der Waals surface area contributed by atoms with Gasteiger partial charge in [0, 0.05) is 24.4 Å². The number of carbonyl (C=O) groups excluding carboxylic acids is 1. The minimum atomic E-state index is 0.0688. The maximum atomic E-state index is 12.3. The first-order valence-electron chi connectivity index (χ1n) is 6.32. The van der Waals surface area contributed by atoms with E-state index < -0.39 is 0 Å². The summed E-state index contributed by atoms with van der Waals surface area (Å²) in [5.41, 5.74) is 0. The van der Waals surface area contributed by atoms with Gasteiger partial charge in [-0.15, -0.1) is 0 Å². The Balaban J connectivity index is 1.95. The molecule has 4 heteroatoms. The summed E-state index contributed by atoms with van der Waals surface area (Å²) in [7, 11) is 0. The first kappa shape index (κ1) is 12.2. The molecule has 0 aliphatic carbocycles. The van der Waals surface area contributed by atoms with E-state index in [9.17, 15) is 4.79 Å². The lowest BCUT2D eigenvalue weighted by atomic mass is 10.0. The van der Waals surface area contributed by atoms with E-state index in [-0.39, 0.29) is 6.04 Å². The van der Waals surface area contributed by atoms with Gasteiger partial charge in [0.1, 0.15) is 0 Å². The maximum absolute atomic E-state index is 12.3. The number of carbonyl (C=O) groups is 1. The molecule has 2 aliphatic heterocycles. The zero-order valence-electron chi connectivity index (χ0n) is 10.2. The first-order chi connectivity index (χ1) is 7.68. The third kappa shape index (κ3) is 2.72. The molecular weight excluding hydrogens is 220 g/mol. The van der Waals surface area contributed by atoms with E-state index in [1.54, 1.807) is 0 Å². The Morgan fingerprint density at radius 3 is 2.88 bits per heavy atom. The summed E-state index contributed by atoms with van der Waals surface area (Å²) in [6.07, 6.45) is 3.34. The summed E-state index contributed by atoms with van der Waals surface area (Å²) in [6.45, 7) is 5.19. The van der Waals surface area contributed by atoms with Crippen LogP contribution < -0.4 is 5.32 Å². The number of nitrogens with one attached hydrogen (secondary N) is 1. The van der Waals surface area contributed by atoms with E-state index in [1.165, 1.54) is 12.2 Å². The van der Waals surface area contributed by atoms with Crippen LogP contribution in [0.3, 0.4) is 0 Å². The Hall–Kier alpha value is -0.220. The lowest BCUT2D eigenvalue weighted by molar-refractivity contribution is -0.138. The van der Waals surface area contributed by atoms with E-state index in [0.29, 0.717) is 18.0 Å². The average molecular weight is 242 g/mol. The molecule has 2 heterocycles. The van der Waals surface area contributed by atoms with Crippen molar-refractivity contribution in [2.24, 2.45) is 0 Å². The van der Waals surface area contributed by atoms with Gasteiger partial charge in [-0.1, -0.05) is 13.8 Å². The standard InChI is InChI=1S/C12H22N2OS/c1-9(2)13-11-4-3-6-14(12(11)15)10-5-7-16-8-10/h9-11,13H,3-8H2,1-2H3. The second kappa shape index (κ2) is 5.41. The predicted octanol–water partition coefficient (Wildman–Crippen LogP) is 1.48. The van der Waals surface area contributed by atoms with E-state index in [1.807, 2.05) is 11.8 Å². The van der Waals surface area contributed by atoms with Crippen molar-refractivity contribution in [3.05, 3.63) is 0 Å². The van der Waals surface area contributed by atoms with E-state index in [4.69, 9.17) is 0 Å². The molecule has 0 spiro atoms. The summed E-state index contributed by atoms with van der Waals surface area (Å²) >= 11 is 1.98. The smallest absolute Gasteiger partial charge is 0.239 e. The molecule has 0 saturated carbocycles. The minimum absolute atomic E-state index is 0.0688. The van der Waals surface area contributed by atoms with Crippen LogP contribution in [0.2, 0.25) is 0 Å². The van der Waals surface area contributed by atoms with Gasteiger partial charge in [-0.2, -0.15) is 11.8 Å². The van der Waals surface area contributed by atoms with Crippen LogP contribution in [0.15, 0.2) is 0 Å². The van der Waals surface area contributed by atoms with Crippen molar-refractivity contribution in [1.82, 2.24) is 10.2 Å². The zero-order chi connectivity index (χ0) is 11.5. The van der Waals surface area contributed by atoms with Gasteiger partial charge in [0.2, 0.25) is 5.91 Å². The number of thioether (sulfide) groups is 1. The second-order valence-corrected chi connectivity index (χ2v) is 6.22. The lowest BCUT2D eigenvalue weighted by Gasteiger charge is -2.37. The fraction of sp³-hybridized carbons (Fsp3) is 0.917. The molecule has 2 fully saturated rings. The Morgan fingerprint density at radius 2 is 2.25 bits per heavy atom. The van der Waals surface area contributed by atoms with Crippen molar-refractivity contribution in [3.8, 4) is 0 Å². The molecule has 2 rings (SSSR count). The van der Waals surface area contributed by atoms with E-state index in [0.717, 1.165) is 25.1 Å². The Bertz CT molecular complexity index is 251. The van der Waals surface area contributed by atoms with Gasteiger partial charge in [-0.05, 0) is 25.0 Å². The van der Waals surface area contributed by atoms with Crippen LogP contribution in [0.5, 0.6) is 0 Å². The molecule has 2 saturated heterocycles. The monoisotopic (exact) mass is 242 g/mol. The summed E-state index contributed by atoms with van der Waals surface area (Å²) in [5.74, 6) is 2.70. The molecule has 2 atom stereocenters. The summed E-state index contributed by atoms with van der Waals surface area (Å²) < 4.78 is 0. The predicted molar refractivity (Wildman–Crippen MR) is 68.7 cm³/mol. The van der Waals surface area contributed by atoms with Gasteiger partial charge in [-0.3, -0.25) is 4.79 Å². The van der Waals surface area contributed by atoms with E-state index >= 15 is 0 Å². The topological polar surface area (TPSA) is 32.3 Å². The molecule has 3 nitrogen and oxygen atoms in total. The Kier molecular flexibility index (Phi) is 4.14. The van der Waals surface area contributed by atoms with Crippen LogP contribution in [0.25, 0.3) is 0 Å². The lowest BCUT2D eigenvalue weighted by Crippen LogP contribution is -2.55. The summed E-state index contributed by atoms with van der Waals surface area (Å²) in [4.78, 5) is 14.4. The molecule has 2 aliphatic rings. The fourth-order valence-electron chi connectivity index (χ4n) is 2.59. The van der Waals surface area contributed by atoms with Gasteiger partial charge in [0.25, 0.3) is 0 Å². The van der Waals surface area contributed by atoms with Crippen molar-refractivity contribution in [3.63, 3.8) is 0 Å². The number of hydrogen-bond donors (Lipinski definition) is 1. The van der Waals surface area contributed by atoms with Crippen LogP contribution >= 0.6 is 11.8 Å². The molecule has 2 unspecified atom stereocenters. The van der Waals surface area contributed by atoms with Crippen molar-refractivity contribution in [2.45, 2.75) is 51.2 Å².